The van der Waals surface area contributed by atoms with Gasteiger partial charge in [0.2, 0.25) is 10.0 Å². The van der Waals surface area contributed by atoms with Gasteiger partial charge in [-0.05, 0) is 50.2 Å². The Morgan fingerprint density at radius 3 is 2.36 bits per heavy atom. The molecule has 2 aromatic carbocycles. The number of amides is 1. The Bertz CT molecular complexity index is 1230. The molecule has 0 radical (unpaired) electrons. The summed E-state index contributed by atoms with van der Waals surface area (Å²) < 4.78 is 38.3. The van der Waals surface area contributed by atoms with Crippen molar-refractivity contribution in [2.24, 2.45) is 0 Å². The molecule has 0 spiro atoms. The third kappa shape index (κ3) is 4.90. The first-order chi connectivity index (χ1) is 15.8. The normalized spacial score (nSPS) is 14.9. The average Bonchev–Trinajstić information content (AvgIpc) is 3.15. The van der Waals surface area contributed by atoms with Crippen LogP contribution in [0.2, 0.25) is 5.02 Å². The molecule has 0 saturated carbocycles. The number of carbonyl (C=O) groups is 1. The van der Waals surface area contributed by atoms with Crippen LogP contribution in [0.25, 0.3) is 0 Å². The van der Waals surface area contributed by atoms with Gasteiger partial charge in [0.15, 0.2) is 0 Å². The molecule has 3 aromatic rings. The van der Waals surface area contributed by atoms with E-state index in [2.05, 4.69) is 5.16 Å². The maximum atomic E-state index is 13.2. The van der Waals surface area contributed by atoms with E-state index in [0.717, 1.165) is 11.3 Å². The van der Waals surface area contributed by atoms with Gasteiger partial charge in [-0.1, -0.05) is 28.9 Å². The molecule has 0 atom stereocenters. The van der Waals surface area contributed by atoms with Crippen molar-refractivity contribution < 1.29 is 22.5 Å². The highest BCUT2D eigenvalue weighted by molar-refractivity contribution is 7.89. The Hall–Kier alpha value is -2.88. The lowest BCUT2D eigenvalue weighted by atomic mass is 10.1. The van der Waals surface area contributed by atoms with Gasteiger partial charge in [0.1, 0.15) is 18.1 Å². The third-order valence-corrected chi connectivity index (χ3v) is 7.81. The molecule has 33 heavy (non-hydrogen) atoms. The lowest BCUT2D eigenvalue weighted by molar-refractivity contribution is 0.0693. The monoisotopic (exact) mass is 489 g/mol. The van der Waals surface area contributed by atoms with E-state index >= 15 is 0 Å². The summed E-state index contributed by atoms with van der Waals surface area (Å²) in [5.41, 5.74) is 2.02. The van der Waals surface area contributed by atoms with E-state index in [9.17, 15) is 13.2 Å². The summed E-state index contributed by atoms with van der Waals surface area (Å²) in [6, 6.07) is 13.1. The number of nitrogens with zero attached hydrogens (tertiary/aromatic N) is 3. The minimum Gasteiger partial charge on any atom is -0.488 e. The van der Waals surface area contributed by atoms with Crippen molar-refractivity contribution in [1.29, 1.82) is 0 Å². The van der Waals surface area contributed by atoms with Crippen LogP contribution >= 0.6 is 11.6 Å². The predicted octanol–water partition coefficient (Wildman–Crippen LogP) is 3.67. The van der Waals surface area contributed by atoms with Crippen LogP contribution in [-0.2, 0) is 16.6 Å². The van der Waals surface area contributed by atoms with Gasteiger partial charge in [0, 0.05) is 31.2 Å². The standard InChI is InChI=1S/C23H24ClN3O5S/c1-16-21(17(2)32-25-16)15-31-22-6-4-3-5-20(22)23(28)26-11-13-27(14-12-26)33(29,30)19-9-7-18(24)8-10-19/h3-10H,11-15H2,1-2H3. The lowest BCUT2D eigenvalue weighted by Crippen LogP contribution is -2.50. The van der Waals surface area contributed by atoms with Crippen molar-refractivity contribution in [2.75, 3.05) is 26.2 Å². The molecular formula is C23H24ClN3O5S. The number of rotatable bonds is 6. The smallest absolute Gasteiger partial charge is 0.257 e. The SMILES string of the molecule is Cc1noc(C)c1COc1ccccc1C(=O)N1CCN(S(=O)(=O)c2ccc(Cl)cc2)CC1. The molecule has 1 fully saturated rings. The summed E-state index contributed by atoms with van der Waals surface area (Å²) >= 11 is 5.87. The topological polar surface area (TPSA) is 93.0 Å². The predicted molar refractivity (Wildman–Crippen MR) is 123 cm³/mol. The Kier molecular flexibility index (Phi) is 6.73. The van der Waals surface area contributed by atoms with Crippen LogP contribution in [0.4, 0.5) is 0 Å². The van der Waals surface area contributed by atoms with Crippen LogP contribution < -0.4 is 4.74 Å². The van der Waals surface area contributed by atoms with Gasteiger partial charge in [0.25, 0.3) is 5.91 Å². The van der Waals surface area contributed by atoms with E-state index in [1.54, 1.807) is 41.3 Å². The van der Waals surface area contributed by atoms with Gasteiger partial charge in [-0.3, -0.25) is 4.79 Å². The molecule has 4 rings (SSSR count). The summed E-state index contributed by atoms with van der Waals surface area (Å²) in [5.74, 6) is 0.931. The molecule has 0 unspecified atom stereocenters. The molecule has 1 aliphatic heterocycles. The summed E-state index contributed by atoms with van der Waals surface area (Å²) in [7, 11) is -3.65. The van der Waals surface area contributed by atoms with E-state index in [1.807, 2.05) is 13.8 Å². The minimum absolute atomic E-state index is 0.185. The van der Waals surface area contributed by atoms with E-state index < -0.39 is 10.0 Å². The number of hydrogen-bond donors (Lipinski definition) is 0. The number of hydrogen-bond acceptors (Lipinski definition) is 6. The molecule has 0 N–H and O–H groups in total. The van der Waals surface area contributed by atoms with Crippen LogP contribution in [0.3, 0.4) is 0 Å². The van der Waals surface area contributed by atoms with Gasteiger partial charge in [-0.15, -0.1) is 0 Å². The molecule has 1 aliphatic rings. The molecule has 0 bridgehead atoms. The number of aromatic nitrogens is 1. The number of piperazine rings is 1. The van der Waals surface area contributed by atoms with Gasteiger partial charge in [0.05, 0.1) is 21.7 Å². The van der Waals surface area contributed by atoms with Crippen LogP contribution in [0, 0.1) is 13.8 Å². The fraction of sp³-hybridized carbons (Fsp3) is 0.304. The number of carbonyl (C=O) groups excluding carboxylic acids is 1. The van der Waals surface area contributed by atoms with E-state index in [1.165, 1.54) is 16.4 Å². The highest BCUT2D eigenvalue weighted by Gasteiger charge is 2.31. The summed E-state index contributed by atoms with van der Waals surface area (Å²) in [5, 5.41) is 4.39. The highest BCUT2D eigenvalue weighted by atomic mass is 35.5. The lowest BCUT2D eigenvalue weighted by Gasteiger charge is -2.34. The molecule has 0 aliphatic carbocycles. The van der Waals surface area contributed by atoms with Crippen LogP contribution in [0.15, 0.2) is 57.9 Å². The minimum atomic E-state index is -3.65. The number of halogens is 1. The molecular weight excluding hydrogens is 466 g/mol. The zero-order chi connectivity index (χ0) is 23.6. The molecule has 174 valence electrons. The van der Waals surface area contributed by atoms with Crippen molar-refractivity contribution in [1.82, 2.24) is 14.4 Å². The second-order valence-electron chi connectivity index (χ2n) is 7.74. The zero-order valence-corrected chi connectivity index (χ0v) is 19.9. The van der Waals surface area contributed by atoms with Crippen LogP contribution in [0.1, 0.15) is 27.4 Å². The highest BCUT2D eigenvalue weighted by Crippen LogP contribution is 2.25. The number of ether oxygens (including phenoxy) is 1. The second-order valence-corrected chi connectivity index (χ2v) is 10.1. The molecule has 8 nitrogen and oxygen atoms in total. The molecule has 10 heteroatoms. The van der Waals surface area contributed by atoms with E-state index in [4.69, 9.17) is 20.9 Å². The Morgan fingerprint density at radius 1 is 1.06 bits per heavy atom. The molecule has 2 heterocycles. The number of para-hydroxylation sites is 1. The number of sulfonamides is 1. The van der Waals surface area contributed by atoms with Gasteiger partial charge in [-0.2, -0.15) is 4.31 Å². The summed E-state index contributed by atoms with van der Waals surface area (Å²) in [6.07, 6.45) is 0. The van der Waals surface area contributed by atoms with Crippen LogP contribution in [-0.4, -0.2) is 54.9 Å². The first-order valence-electron chi connectivity index (χ1n) is 10.5. The second kappa shape index (κ2) is 9.54. The van der Waals surface area contributed by atoms with E-state index in [0.29, 0.717) is 22.1 Å². The molecule has 1 amide bonds. The van der Waals surface area contributed by atoms with Gasteiger partial charge < -0.3 is 14.2 Å². The first-order valence-corrected chi connectivity index (χ1v) is 12.3. The van der Waals surface area contributed by atoms with Crippen molar-refractivity contribution in [2.45, 2.75) is 25.3 Å². The Morgan fingerprint density at radius 2 is 1.73 bits per heavy atom. The Labute approximate surface area is 197 Å². The quantitative estimate of drug-likeness (QED) is 0.524. The number of benzene rings is 2. The molecule has 1 aromatic heterocycles. The fourth-order valence-corrected chi connectivity index (χ4v) is 5.23. The van der Waals surface area contributed by atoms with Crippen molar-refractivity contribution in [3.8, 4) is 5.75 Å². The largest absolute Gasteiger partial charge is 0.488 e. The van der Waals surface area contributed by atoms with Crippen molar-refractivity contribution in [3.63, 3.8) is 0 Å². The summed E-state index contributed by atoms with van der Waals surface area (Å²) in [4.78, 5) is 15.0. The van der Waals surface area contributed by atoms with Gasteiger partial charge in [-0.25, -0.2) is 8.42 Å². The van der Waals surface area contributed by atoms with Crippen molar-refractivity contribution >= 4 is 27.5 Å². The van der Waals surface area contributed by atoms with Gasteiger partial charge >= 0.3 is 0 Å². The Balaban J connectivity index is 1.43. The van der Waals surface area contributed by atoms with E-state index in [-0.39, 0.29) is 43.6 Å². The first kappa shape index (κ1) is 23.3. The third-order valence-electron chi connectivity index (χ3n) is 5.65. The van der Waals surface area contributed by atoms with Crippen LogP contribution in [0.5, 0.6) is 5.75 Å². The fourth-order valence-electron chi connectivity index (χ4n) is 3.68. The maximum absolute atomic E-state index is 13.2. The number of aryl methyl sites for hydroxylation is 2. The molecule has 1 saturated heterocycles. The average molecular weight is 490 g/mol. The zero-order valence-electron chi connectivity index (χ0n) is 18.3. The summed E-state index contributed by atoms with van der Waals surface area (Å²) in [6.45, 7) is 4.86. The maximum Gasteiger partial charge on any atom is 0.257 e. The van der Waals surface area contributed by atoms with Crippen molar-refractivity contribution in [3.05, 3.63) is 76.1 Å².